The zero-order chi connectivity index (χ0) is 23.7. The second kappa shape index (κ2) is 23.1. The SMILES string of the molecule is CC(C)(C)OCCCCCCC1=C=CC[CH-]1.CC(C)(C)OCCCCCCC1=C=CC[CH-]1.Cl.Cl.[Ti+2]. The van der Waals surface area contributed by atoms with E-state index in [-0.39, 0.29) is 57.7 Å². The third-order valence-corrected chi connectivity index (χ3v) is 5.29. The summed E-state index contributed by atoms with van der Waals surface area (Å²) in [4.78, 5) is 0. The Kier molecular flexibility index (Phi) is 26.1. The predicted molar refractivity (Wildman–Crippen MR) is 153 cm³/mol. The number of hydrogen-bond acceptors (Lipinski definition) is 2. The van der Waals surface area contributed by atoms with Gasteiger partial charge in [0, 0.05) is 13.2 Å². The summed E-state index contributed by atoms with van der Waals surface area (Å²) in [6.45, 7) is 14.5. The van der Waals surface area contributed by atoms with Crippen LogP contribution in [0.5, 0.6) is 0 Å². The summed E-state index contributed by atoms with van der Waals surface area (Å²) in [7, 11) is 0. The molecule has 0 saturated carbocycles. The van der Waals surface area contributed by atoms with Crippen LogP contribution in [0.25, 0.3) is 0 Å². The van der Waals surface area contributed by atoms with E-state index in [9.17, 15) is 0 Å². The molecule has 0 aromatic heterocycles. The summed E-state index contributed by atoms with van der Waals surface area (Å²) in [6.07, 6.45) is 23.6. The number of hydrogen-bond donors (Lipinski definition) is 0. The molecule has 0 amide bonds. The Labute approximate surface area is 245 Å². The second-order valence-electron chi connectivity index (χ2n) is 10.9. The average Bonchev–Trinajstić information content (AvgIpc) is 3.39. The molecule has 2 rings (SSSR count). The Balaban J connectivity index is -0.000000539. The topological polar surface area (TPSA) is 18.5 Å². The van der Waals surface area contributed by atoms with Crippen LogP contribution in [0.1, 0.15) is 119 Å². The van der Waals surface area contributed by atoms with Crippen molar-refractivity contribution in [3.63, 3.8) is 0 Å². The first-order valence-corrected chi connectivity index (χ1v) is 13.0. The first-order chi connectivity index (χ1) is 15.2. The number of halogens is 2. The molecule has 0 radical (unpaired) electrons. The van der Waals surface area contributed by atoms with Gasteiger partial charge in [-0.2, -0.15) is 23.3 Å². The molecule has 0 heterocycles. The normalized spacial score (nSPS) is 13.8. The van der Waals surface area contributed by atoms with Crippen molar-refractivity contribution in [1.82, 2.24) is 0 Å². The van der Waals surface area contributed by atoms with Crippen LogP contribution in [0.4, 0.5) is 0 Å². The Morgan fingerprint density at radius 2 is 0.971 bits per heavy atom. The number of unbranched alkanes of at least 4 members (excludes halogenated alkanes) is 6. The van der Waals surface area contributed by atoms with Gasteiger partial charge >= 0.3 is 21.7 Å². The van der Waals surface area contributed by atoms with Gasteiger partial charge in [0.15, 0.2) is 0 Å². The zero-order valence-corrected chi connectivity index (χ0v) is 26.5. The molecule has 0 unspecified atom stereocenters. The Bertz CT molecular complexity index is 576. The van der Waals surface area contributed by atoms with Crippen LogP contribution in [0.15, 0.2) is 34.8 Å². The van der Waals surface area contributed by atoms with Crippen molar-refractivity contribution in [2.75, 3.05) is 13.2 Å². The van der Waals surface area contributed by atoms with Gasteiger partial charge < -0.3 is 20.9 Å². The minimum absolute atomic E-state index is 0. The minimum Gasteiger partial charge on any atom is -0.376 e. The summed E-state index contributed by atoms with van der Waals surface area (Å²) >= 11 is 0. The molecule has 2 aliphatic carbocycles. The third-order valence-electron chi connectivity index (χ3n) is 5.29. The smallest absolute Gasteiger partial charge is 0.376 e. The van der Waals surface area contributed by atoms with Gasteiger partial charge in [0.05, 0.1) is 11.2 Å². The number of rotatable bonds is 14. The second-order valence-corrected chi connectivity index (χ2v) is 10.9. The van der Waals surface area contributed by atoms with Gasteiger partial charge in [-0.3, -0.25) is 0 Å². The van der Waals surface area contributed by atoms with Crippen molar-refractivity contribution in [2.24, 2.45) is 0 Å². The van der Waals surface area contributed by atoms with Crippen LogP contribution in [0, 0.1) is 12.8 Å². The van der Waals surface area contributed by atoms with Crippen molar-refractivity contribution in [2.45, 2.75) is 130 Å². The molecule has 0 saturated heterocycles. The molecule has 0 atom stereocenters. The van der Waals surface area contributed by atoms with Crippen molar-refractivity contribution in [3.05, 3.63) is 47.6 Å². The van der Waals surface area contributed by atoms with Crippen LogP contribution in [0.2, 0.25) is 0 Å². The van der Waals surface area contributed by atoms with Gasteiger partial charge in [0.2, 0.25) is 0 Å². The van der Waals surface area contributed by atoms with E-state index >= 15 is 0 Å². The summed E-state index contributed by atoms with van der Waals surface area (Å²) in [6, 6.07) is 0. The largest absolute Gasteiger partial charge is 2.00 e. The van der Waals surface area contributed by atoms with Crippen LogP contribution in [0.3, 0.4) is 0 Å². The first kappa shape index (κ1) is 39.5. The summed E-state index contributed by atoms with van der Waals surface area (Å²) in [5, 5.41) is 0. The molecule has 202 valence electrons. The van der Waals surface area contributed by atoms with Crippen molar-refractivity contribution >= 4 is 24.8 Å². The van der Waals surface area contributed by atoms with Gasteiger partial charge in [-0.1, -0.05) is 64.2 Å². The maximum Gasteiger partial charge on any atom is 2.00 e. The molecular formula is C30H52Cl2O2Ti. The average molecular weight is 564 g/mol. The molecule has 0 aromatic carbocycles. The van der Waals surface area contributed by atoms with Gasteiger partial charge in [-0.15, -0.1) is 24.8 Å². The molecular weight excluding hydrogens is 511 g/mol. The molecule has 0 aliphatic heterocycles. The van der Waals surface area contributed by atoms with Gasteiger partial charge in [0.1, 0.15) is 0 Å². The third kappa shape index (κ3) is 26.9. The van der Waals surface area contributed by atoms with E-state index in [4.69, 9.17) is 9.47 Å². The number of ether oxygens (including phenoxy) is 2. The molecule has 2 aliphatic rings. The predicted octanol–water partition coefficient (Wildman–Crippen LogP) is 9.72. The van der Waals surface area contributed by atoms with E-state index in [0.717, 1.165) is 26.1 Å². The van der Waals surface area contributed by atoms with Crippen LogP contribution < -0.4 is 0 Å². The van der Waals surface area contributed by atoms with Crippen molar-refractivity contribution in [1.29, 1.82) is 0 Å². The number of allylic oxidation sites excluding steroid dienone is 2. The fraction of sp³-hybridized carbons (Fsp3) is 0.733. The minimum atomic E-state index is 0. The molecule has 5 heteroatoms. The molecule has 35 heavy (non-hydrogen) atoms. The fourth-order valence-electron chi connectivity index (χ4n) is 3.55. The van der Waals surface area contributed by atoms with Crippen LogP contribution in [-0.2, 0) is 31.2 Å². The molecule has 2 nitrogen and oxygen atoms in total. The Morgan fingerprint density at radius 3 is 1.26 bits per heavy atom. The molecule has 0 bridgehead atoms. The van der Waals surface area contributed by atoms with E-state index in [1.165, 1.54) is 75.4 Å². The van der Waals surface area contributed by atoms with Crippen LogP contribution in [-0.4, -0.2) is 24.4 Å². The first-order valence-electron chi connectivity index (χ1n) is 13.0. The molecule has 0 aromatic rings. The Morgan fingerprint density at radius 1 is 0.629 bits per heavy atom. The van der Waals surface area contributed by atoms with Gasteiger partial charge in [0.25, 0.3) is 0 Å². The van der Waals surface area contributed by atoms with Gasteiger partial charge in [-0.05, 0) is 54.4 Å². The summed E-state index contributed by atoms with van der Waals surface area (Å²) in [5.41, 5.74) is 9.44. The van der Waals surface area contributed by atoms with Crippen molar-refractivity contribution < 1.29 is 31.2 Å². The monoisotopic (exact) mass is 562 g/mol. The van der Waals surface area contributed by atoms with E-state index < -0.39 is 0 Å². The molecule has 0 fully saturated rings. The van der Waals surface area contributed by atoms with E-state index in [0.29, 0.717) is 0 Å². The van der Waals surface area contributed by atoms with Crippen molar-refractivity contribution in [3.8, 4) is 0 Å². The van der Waals surface area contributed by atoms with E-state index in [1.54, 1.807) is 0 Å². The van der Waals surface area contributed by atoms with E-state index in [1.807, 2.05) is 0 Å². The summed E-state index contributed by atoms with van der Waals surface area (Å²) in [5.74, 6) is 0. The van der Waals surface area contributed by atoms with Crippen LogP contribution >= 0.6 is 24.8 Å². The molecule has 0 N–H and O–H groups in total. The zero-order valence-electron chi connectivity index (χ0n) is 23.3. The standard InChI is InChI=1S/2C15H25O.2ClH.Ti/c2*1-15(2,3)16-13-9-5-4-6-10-14-11-7-8-12-14;;;/h2*7,12H,4-6,8-10,13H2,1-3H3;2*1H;/q2*-1;;;+2. The van der Waals surface area contributed by atoms with E-state index in [2.05, 4.69) is 78.0 Å². The Hall–Kier alpha value is -0.00571. The maximum atomic E-state index is 5.68. The summed E-state index contributed by atoms with van der Waals surface area (Å²) < 4.78 is 11.4. The fourth-order valence-corrected chi connectivity index (χ4v) is 3.55. The maximum absolute atomic E-state index is 5.68. The quantitative estimate of drug-likeness (QED) is 0.0907. The van der Waals surface area contributed by atoms with Gasteiger partial charge in [-0.25, -0.2) is 12.8 Å². The molecule has 0 spiro atoms.